The van der Waals surface area contributed by atoms with Gasteiger partial charge in [0, 0.05) is 12.6 Å². The van der Waals surface area contributed by atoms with Crippen molar-refractivity contribution < 1.29 is 5.11 Å². The normalized spacial score (nSPS) is 19.0. The Hall–Kier alpha value is -1.20. The van der Waals surface area contributed by atoms with Crippen LogP contribution in [0.1, 0.15) is 20.3 Å². The van der Waals surface area contributed by atoms with Gasteiger partial charge in [0.2, 0.25) is 0 Å². The van der Waals surface area contributed by atoms with Crippen LogP contribution >= 0.6 is 0 Å². The largest absolute Gasteiger partial charge is 0.376 e. The van der Waals surface area contributed by atoms with Crippen LogP contribution in [0.25, 0.3) is 0 Å². The molecule has 0 aliphatic carbocycles. The molecule has 0 aromatic heterocycles. The molecule has 1 aliphatic rings. The summed E-state index contributed by atoms with van der Waals surface area (Å²) in [7, 11) is 0. The van der Waals surface area contributed by atoms with Crippen molar-refractivity contribution in [2.45, 2.75) is 26.4 Å². The minimum Gasteiger partial charge on any atom is -0.376 e. The Kier molecular flexibility index (Phi) is 6.76. The zero-order valence-corrected chi connectivity index (χ0v) is 8.30. The number of hydrogen-bond donors (Lipinski definition) is 2. The molecular formula is C11H17NO. The second-order valence-corrected chi connectivity index (χ2v) is 2.32. The molecule has 0 radical (unpaired) electrons. The van der Waals surface area contributed by atoms with Crippen molar-refractivity contribution in [1.29, 1.82) is 0 Å². The Morgan fingerprint density at radius 1 is 1.77 bits per heavy atom. The van der Waals surface area contributed by atoms with Crippen LogP contribution in [-0.2, 0) is 0 Å². The highest BCUT2D eigenvalue weighted by molar-refractivity contribution is 5.25. The Morgan fingerprint density at radius 2 is 2.46 bits per heavy atom. The van der Waals surface area contributed by atoms with Gasteiger partial charge in [-0.1, -0.05) is 26.0 Å². The second-order valence-electron chi connectivity index (χ2n) is 2.32. The van der Waals surface area contributed by atoms with Crippen molar-refractivity contribution in [2.75, 3.05) is 6.54 Å². The van der Waals surface area contributed by atoms with Crippen molar-refractivity contribution in [3.63, 3.8) is 0 Å². The van der Waals surface area contributed by atoms with Crippen LogP contribution < -0.4 is 5.32 Å². The van der Waals surface area contributed by atoms with E-state index < -0.39 is 6.10 Å². The Bertz CT molecular complexity index is 232. The van der Waals surface area contributed by atoms with Gasteiger partial charge < -0.3 is 10.4 Å². The van der Waals surface area contributed by atoms with Crippen LogP contribution in [0.15, 0.2) is 24.3 Å². The first kappa shape index (κ1) is 11.8. The van der Waals surface area contributed by atoms with Gasteiger partial charge in [-0.2, -0.15) is 0 Å². The lowest BCUT2D eigenvalue weighted by molar-refractivity contribution is 0.266. The number of aliphatic hydroxyl groups excluding tert-OH is 1. The van der Waals surface area contributed by atoms with Crippen molar-refractivity contribution in [1.82, 2.24) is 5.32 Å². The van der Waals surface area contributed by atoms with E-state index in [0.29, 0.717) is 13.0 Å². The zero-order valence-electron chi connectivity index (χ0n) is 8.30. The minimum absolute atomic E-state index is 0.622. The van der Waals surface area contributed by atoms with E-state index in [1.807, 2.05) is 19.9 Å². The van der Waals surface area contributed by atoms with Crippen LogP contribution in [0.2, 0.25) is 0 Å². The monoisotopic (exact) mass is 179 g/mol. The summed E-state index contributed by atoms with van der Waals surface area (Å²) < 4.78 is 0. The first-order valence-corrected chi connectivity index (χ1v) is 4.56. The molecular weight excluding hydrogens is 162 g/mol. The molecule has 1 unspecified atom stereocenters. The minimum atomic E-state index is -0.622. The summed E-state index contributed by atoms with van der Waals surface area (Å²) in [5, 5.41) is 12.2. The van der Waals surface area contributed by atoms with Crippen LogP contribution in [0.5, 0.6) is 0 Å². The van der Waals surface area contributed by atoms with Gasteiger partial charge in [-0.05, 0) is 17.9 Å². The van der Waals surface area contributed by atoms with Crippen molar-refractivity contribution in [3.05, 3.63) is 24.3 Å². The molecule has 0 fully saturated rings. The number of aliphatic hydroxyl groups is 1. The van der Waals surface area contributed by atoms with Crippen molar-refractivity contribution >= 4 is 0 Å². The summed E-state index contributed by atoms with van der Waals surface area (Å²) in [6.45, 7) is 8.30. The van der Waals surface area contributed by atoms with Gasteiger partial charge in [-0.15, -0.1) is 6.58 Å². The van der Waals surface area contributed by atoms with Gasteiger partial charge >= 0.3 is 0 Å². The maximum Gasteiger partial charge on any atom is 0.138 e. The summed E-state index contributed by atoms with van der Waals surface area (Å²) >= 11 is 0. The first-order valence-electron chi connectivity index (χ1n) is 4.56. The fourth-order valence-electron chi connectivity index (χ4n) is 0.919. The van der Waals surface area contributed by atoms with E-state index in [-0.39, 0.29) is 0 Å². The molecule has 1 heterocycles. The molecule has 1 rings (SSSR count). The van der Waals surface area contributed by atoms with Gasteiger partial charge in [0.1, 0.15) is 6.10 Å². The van der Waals surface area contributed by atoms with E-state index in [4.69, 9.17) is 0 Å². The van der Waals surface area contributed by atoms with Gasteiger partial charge in [-0.3, -0.25) is 0 Å². The predicted octanol–water partition coefficient (Wildman–Crippen LogP) is 1.44. The molecule has 1 aliphatic heterocycles. The molecule has 1 atom stereocenters. The second kappa shape index (κ2) is 7.45. The van der Waals surface area contributed by atoms with Crippen LogP contribution in [0, 0.1) is 12.0 Å². The molecule has 0 bridgehead atoms. The number of allylic oxidation sites excluding steroid dienone is 1. The molecule has 2 N–H and O–H groups in total. The molecule has 0 spiro atoms. The highest BCUT2D eigenvalue weighted by atomic mass is 16.3. The Labute approximate surface area is 80.4 Å². The van der Waals surface area contributed by atoms with Crippen LogP contribution in [-0.4, -0.2) is 17.8 Å². The van der Waals surface area contributed by atoms with E-state index in [9.17, 15) is 5.11 Å². The third kappa shape index (κ3) is 4.39. The SMILES string of the molecule is C=CCC1=CCNC#CC1O.CC. The van der Waals surface area contributed by atoms with Crippen LogP contribution in [0.3, 0.4) is 0 Å². The van der Waals surface area contributed by atoms with Gasteiger partial charge in [0.15, 0.2) is 0 Å². The summed E-state index contributed by atoms with van der Waals surface area (Å²) in [5.41, 5.74) is 0.928. The molecule has 0 aromatic carbocycles. The van der Waals surface area contributed by atoms with Crippen molar-refractivity contribution in [2.24, 2.45) is 0 Å². The van der Waals surface area contributed by atoms with E-state index >= 15 is 0 Å². The summed E-state index contributed by atoms with van der Waals surface area (Å²) in [6.07, 6.45) is 3.78. The third-order valence-electron chi connectivity index (χ3n) is 1.49. The molecule has 0 aromatic rings. The number of hydrogen-bond acceptors (Lipinski definition) is 2. The Balaban J connectivity index is 0.000000671. The summed E-state index contributed by atoms with van der Waals surface area (Å²) in [5.74, 6) is 2.66. The maximum absolute atomic E-state index is 9.35. The smallest absolute Gasteiger partial charge is 0.138 e. The van der Waals surface area contributed by atoms with E-state index in [1.54, 1.807) is 6.08 Å². The molecule has 2 heteroatoms. The van der Waals surface area contributed by atoms with E-state index in [0.717, 1.165) is 5.57 Å². The molecule has 0 amide bonds. The maximum atomic E-state index is 9.35. The quantitative estimate of drug-likeness (QED) is 0.496. The van der Waals surface area contributed by atoms with E-state index in [1.165, 1.54) is 0 Å². The zero-order chi connectivity index (χ0) is 10.1. The molecule has 0 saturated carbocycles. The van der Waals surface area contributed by atoms with Gasteiger partial charge in [0.05, 0.1) is 0 Å². The van der Waals surface area contributed by atoms with Crippen LogP contribution in [0.4, 0.5) is 0 Å². The molecule has 2 nitrogen and oxygen atoms in total. The lowest BCUT2D eigenvalue weighted by Gasteiger charge is -2.04. The standard InChI is InChI=1S/C9H11NO.C2H6/c1-2-3-8-4-6-10-7-5-9(8)11;1-2/h2,4,9-11H,1,3,6H2;1-2H3. The summed E-state index contributed by atoms with van der Waals surface area (Å²) in [6, 6.07) is 2.65. The van der Waals surface area contributed by atoms with E-state index in [2.05, 4.69) is 23.9 Å². The fourth-order valence-corrected chi connectivity index (χ4v) is 0.919. The fraction of sp³-hybridized carbons (Fsp3) is 0.455. The lowest BCUT2D eigenvalue weighted by Crippen LogP contribution is -2.06. The predicted molar refractivity (Wildman–Crippen MR) is 56.0 cm³/mol. The highest BCUT2D eigenvalue weighted by Gasteiger charge is 2.06. The van der Waals surface area contributed by atoms with Gasteiger partial charge in [-0.25, -0.2) is 0 Å². The Morgan fingerprint density at radius 3 is 3.08 bits per heavy atom. The topological polar surface area (TPSA) is 32.3 Å². The summed E-state index contributed by atoms with van der Waals surface area (Å²) in [4.78, 5) is 0. The average Bonchev–Trinajstić information content (AvgIpc) is 2.36. The van der Waals surface area contributed by atoms with Crippen molar-refractivity contribution in [3.8, 4) is 12.0 Å². The number of rotatable bonds is 2. The molecule has 13 heavy (non-hydrogen) atoms. The highest BCUT2D eigenvalue weighted by Crippen LogP contribution is 2.07. The van der Waals surface area contributed by atoms with Gasteiger partial charge in [0.25, 0.3) is 0 Å². The molecule has 0 saturated heterocycles. The third-order valence-corrected chi connectivity index (χ3v) is 1.49. The number of nitrogens with one attached hydrogen (secondary N) is 1. The first-order chi connectivity index (χ1) is 6.34. The molecule has 72 valence electrons. The lowest BCUT2D eigenvalue weighted by atomic mass is 10.1. The average molecular weight is 179 g/mol.